The van der Waals surface area contributed by atoms with E-state index in [1.807, 2.05) is 18.2 Å². The van der Waals surface area contributed by atoms with Gasteiger partial charge in [-0.1, -0.05) is 18.2 Å². The van der Waals surface area contributed by atoms with Crippen molar-refractivity contribution >= 4 is 46.2 Å². The van der Waals surface area contributed by atoms with Gasteiger partial charge in [0, 0.05) is 42.8 Å². The lowest BCUT2D eigenvalue weighted by molar-refractivity contribution is -0.173. The Morgan fingerprint density at radius 2 is 1.67 bits per heavy atom. The number of amides is 4. The summed E-state index contributed by atoms with van der Waals surface area (Å²) >= 11 is 0. The molecule has 15 heteroatoms. The minimum atomic E-state index is -1.20. The summed E-state index contributed by atoms with van der Waals surface area (Å²) in [5.41, 5.74) is 3.01. The van der Waals surface area contributed by atoms with E-state index in [0.717, 1.165) is 40.9 Å². The number of carbonyl (C=O) groups excluding carboxylic acids is 4. The van der Waals surface area contributed by atoms with Gasteiger partial charge in [-0.05, 0) is 61.4 Å². The molecule has 51 heavy (non-hydrogen) atoms. The molecule has 8 N–H and O–H groups in total. The van der Waals surface area contributed by atoms with Crippen molar-refractivity contribution in [2.45, 2.75) is 68.1 Å². The zero-order valence-electron chi connectivity index (χ0n) is 27.8. The Morgan fingerprint density at radius 1 is 0.941 bits per heavy atom. The van der Waals surface area contributed by atoms with Gasteiger partial charge in [-0.2, -0.15) is 0 Å². The molecule has 3 aliphatic carbocycles. The Kier molecular flexibility index (Phi) is 7.94. The largest absolute Gasteiger partial charge is 0.504 e. The highest BCUT2D eigenvalue weighted by Gasteiger charge is 2.73. The number of carboxylic acids is 1. The van der Waals surface area contributed by atoms with Crippen LogP contribution >= 0.6 is 0 Å². The van der Waals surface area contributed by atoms with Gasteiger partial charge in [-0.15, -0.1) is 0 Å². The van der Waals surface area contributed by atoms with Crippen molar-refractivity contribution in [1.82, 2.24) is 25.8 Å². The Labute approximate surface area is 292 Å². The van der Waals surface area contributed by atoms with Crippen LogP contribution in [0.4, 0.5) is 5.69 Å². The monoisotopic (exact) mass is 700 g/mol. The zero-order chi connectivity index (χ0) is 35.7. The van der Waals surface area contributed by atoms with Gasteiger partial charge < -0.3 is 46.3 Å². The number of H-pyrrole nitrogens is 1. The first kappa shape index (κ1) is 33.0. The summed E-state index contributed by atoms with van der Waals surface area (Å²) in [5.74, 6) is -2.33. The summed E-state index contributed by atoms with van der Waals surface area (Å²) in [7, 11) is 0. The van der Waals surface area contributed by atoms with Gasteiger partial charge >= 0.3 is 5.97 Å². The normalized spacial score (nSPS) is 25.3. The molecule has 268 valence electrons. The quantitative estimate of drug-likeness (QED) is 0.132. The maximum atomic E-state index is 13.0. The van der Waals surface area contributed by atoms with Gasteiger partial charge in [0.05, 0.1) is 41.0 Å². The van der Waals surface area contributed by atoms with E-state index in [1.165, 1.54) is 12.8 Å². The Hall–Kier alpha value is -5.15. The van der Waals surface area contributed by atoms with Gasteiger partial charge in [0.15, 0.2) is 17.6 Å². The van der Waals surface area contributed by atoms with Gasteiger partial charge in [-0.3, -0.25) is 28.9 Å². The maximum Gasteiger partial charge on any atom is 0.322 e. The molecule has 0 radical (unpaired) electrons. The van der Waals surface area contributed by atoms with Crippen LogP contribution in [0.25, 0.3) is 10.9 Å². The number of fused-ring (bicyclic) bond motifs is 4. The SMILES string of the molecule is O=C(O)CNC(=O)CCC(=O)NCC(=O)NCC(=O)Nc1cccc2c3c([nH]c12)[C@@H]1Oc2c(O)ccc4c2[C@@]12CCN(CC1CC1)[C@@H](C4)[C@]2(O)C3. The number of likely N-dealkylation sites (tertiary alicyclic amines) is 1. The van der Waals surface area contributed by atoms with Crippen molar-refractivity contribution in [3.63, 3.8) is 0 Å². The molecular formula is C36H40N6O9. The number of carbonyl (C=O) groups is 5. The number of carboxylic acid groups (broad SMARTS) is 1. The van der Waals surface area contributed by atoms with Crippen LogP contribution < -0.4 is 26.0 Å². The summed E-state index contributed by atoms with van der Waals surface area (Å²) in [6, 6.07) is 9.08. The average molecular weight is 701 g/mol. The minimum absolute atomic E-state index is 0.0614. The summed E-state index contributed by atoms with van der Waals surface area (Å²) in [4.78, 5) is 65.5. The number of aliphatic carboxylic acids is 1. The van der Waals surface area contributed by atoms with Gasteiger partial charge in [0.1, 0.15) is 6.54 Å². The second kappa shape index (κ2) is 12.3. The minimum Gasteiger partial charge on any atom is -0.504 e. The van der Waals surface area contributed by atoms with Crippen LogP contribution in [0, 0.1) is 5.92 Å². The molecule has 1 spiro atoms. The zero-order valence-corrected chi connectivity index (χ0v) is 27.8. The number of hydrogen-bond acceptors (Lipinski definition) is 9. The van der Waals surface area contributed by atoms with Gasteiger partial charge in [0.25, 0.3) is 0 Å². The summed E-state index contributed by atoms with van der Waals surface area (Å²) in [6.07, 6.45) is 3.13. The van der Waals surface area contributed by atoms with Crippen LogP contribution in [0.1, 0.15) is 60.6 Å². The van der Waals surface area contributed by atoms with Gasteiger partial charge in [-0.25, -0.2) is 0 Å². The third-order valence-electron chi connectivity index (χ3n) is 11.4. The topological polar surface area (TPSA) is 222 Å². The molecule has 3 aromatic rings. The molecule has 2 aliphatic heterocycles. The fraction of sp³-hybridized carbons (Fsp3) is 0.472. The second-order valence-corrected chi connectivity index (χ2v) is 14.4. The first-order valence-corrected chi connectivity index (χ1v) is 17.4. The number of aliphatic hydroxyl groups is 1. The fourth-order valence-corrected chi connectivity index (χ4v) is 8.94. The number of anilines is 1. The average Bonchev–Trinajstić information content (AvgIpc) is 3.74. The lowest BCUT2D eigenvalue weighted by Crippen LogP contribution is -2.74. The van der Waals surface area contributed by atoms with Crippen LogP contribution in [0.5, 0.6) is 11.5 Å². The summed E-state index contributed by atoms with van der Waals surface area (Å²) in [6.45, 7) is 0.463. The highest BCUT2D eigenvalue weighted by molar-refractivity contribution is 6.03. The van der Waals surface area contributed by atoms with Crippen LogP contribution in [-0.2, 0) is 42.2 Å². The van der Waals surface area contributed by atoms with E-state index in [2.05, 4.69) is 31.2 Å². The van der Waals surface area contributed by atoms with Crippen LogP contribution in [0.3, 0.4) is 0 Å². The summed E-state index contributed by atoms with van der Waals surface area (Å²) < 4.78 is 6.67. The van der Waals surface area contributed by atoms with Crippen molar-refractivity contribution in [2.24, 2.45) is 5.92 Å². The van der Waals surface area contributed by atoms with Crippen LogP contribution in [0.2, 0.25) is 0 Å². The number of piperidine rings is 1. The molecule has 2 bridgehead atoms. The number of para-hydroxylation sites is 1. The first-order chi connectivity index (χ1) is 24.5. The number of phenols is 1. The maximum absolute atomic E-state index is 13.0. The predicted octanol–water partition coefficient (Wildman–Crippen LogP) is 0.725. The number of benzene rings is 2. The number of aromatic nitrogens is 1. The Bertz CT molecular complexity index is 1990. The third-order valence-corrected chi connectivity index (χ3v) is 11.4. The molecule has 8 rings (SSSR count). The molecule has 15 nitrogen and oxygen atoms in total. The van der Waals surface area contributed by atoms with E-state index in [-0.39, 0.29) is 31.2 Å². The summed E-state index contributed by atoms with van der Waals surface area (Å²) in [5, 5.41) is 43.3. The molecule has 4 atom stereocenters. The molecule has 2 aromatic carbocycles. The predicted molar refractivity (Wildman–Crippen MR) is 181 cm³/mol. The fourth-order valence-electron chi connectivity index (χ4n) is 8.94. The second-order valence-electron chi connectivity index (χ2n) is 14.4. The molecule has 5 aliphatic rings. The number of nitrogens with one attached hydrogen (secondary N) is 5. The van der Waals surface area contributed by atoms with E-state index in [1.54, 1.807) is 12.1 Å². The number of aromatic hydroxyl groups is 1. The number of ether oxygens (including phenoxy) is 1. The van der Waals surface area contributed by atoms with Crippen molar-refractivity contribution in [1.29, 1.82) is 0 Å². The van der Waals surface area contributed by atoms with Gasteiger partial charge in [0.2, 0.25) is 23.6 Å². The molecule has 1 saturated carbocycles. The molecule has 4 amide bonds. The standard InChI is InChI=1S/C36H40N6O9/c43-23-7-6-19-12-24-36(50)13-21-20-2-1-3-22(40-28(47)15-38-27(46)14-37-25(44)8-9-26(45)39-16-29(48)49)31(20)41-32(21)34-35(36,30(19)33(23)51-34)10-11-42(24)17-18-4-5-18/h1-3,6-7,18,24,34,41,43,50H,4-5,8-17H2,(H,37,44)(H,38,46)(H,39,45)(H,40,47)(H,48,49)/t24-,34-,35-,36+/m0/s1. The smallest absolute Gasteiger partial charge is 0.322 e. The van der Waals surface area contributed by atoms with Crippen LogP contribution in [0.15, 0.2) is 30.3 Å². The molecular weight excluding hydrogens is 660 g/mol. The van der Waals surface area contributed by atoms with E-state index in [0.29, 0.717) is 42.1 Å². The van der Waals surface area contributed by atoms with Crippen molar-refractivity contribution in [3.8, 4) is 11.5 Å². The number of rotatable bonds is 12. The Morgan fingerprint density at radius 3 is 2.41 bits per heavy atom. The van der Waals surface area contributed by atoms with E-state index < -0.39 is 59.8 Å². The van der Waals surface area contributed by atoms with Crippen molar-refractivity contribution in [2.75, 3.05) is 38.0 Å². The molecule has 3 heterocycles. The molecule has 2 fully saturated rings. The van der Waals surface area contributed by atoms with Crippen molar-refractivity contribution in [3.05, 3.63) is 52.7 Å². The molecule has 1 saturated heterocycles. The lowest BCUT2D eigenvalue weighted by Gasteiger charge is -2.62. The van der Waals surface area contributed by atoms with E-state index in [9.17, 15) is 34.2 Å². The number of aromatic amines is 1. The molecule has 1 aromatic heterocycles. The highest BCUT2D eigenvalue weighted by Crippen LogP contribution is 2.69. The van der Waals surface area contributed by atoms with E-state index in [4.69, 9.17) is 9.84 Å². The van der Waals surface area contributed by atoms with Crippen molar-refractivity contribution < 1.29 is 44.0 Å². The number of nitrogens with zero attached hydrogens (tertiary/aromatic N) is 1. The van der Waals surface area contributed by atoms with E-state index >= 15 is 0 Å². The van der Waals surface area contributed by atoms with Crippen LogP contribution in [-0.4, -0.2) is 99.2 Å². The number of hydrogen-bond donors (Lipinski definition) is 8. The molecule has 0 unspecified atom stereocenters. The number of phenolic OH excluding ortho intramolecular Hbond substituents is 1. The lowest BCUT2D eigenvalue weighted by atomic mass is 9.49. The third kappa shape index (κ3) is 5.46. The highest BCUT2D eigenvalue weighted by atomic mass is 16.5. The Balaban J connectivity index is 0.978. The first-order valence-electron chi connectivity index (χ1n) is 17.4.